The maximum absolute atomic E-state index is 12.2. The number of benzene rings is 1. The number of nitrogens with zero attached hydrogens (tertiary/aromatic N) is 1. The molecule has 0 saturated heterocycles. The minimum absolute atomic E-state index is 0.0797. The first kappa shape index (κ1) is 13.8. The zero-order valence-electron chi connectivity index (χ0n) is 11.2. The van der Waals surface area contributed by atoms with Crippen LogP contribution >= 0.6 is 0 Å². The minimum atomic E-state index is -0.705. The number of hydrogen-bond donors (Lipinski definition) is 3. The molecule has 5 nitrogen and oxygen atoms in total. The highest BCUT2D eigenvalue weighted by Gasteiger charge is 2.33. The van der Waals surface area contributed by atoms with Gasteiger partial charge in [0, 0.05) is 24.8 Å². The second-order valence-electron chi connectivity index (χ2n) is 5.31. The van der Waals surface area contributed by atoms with E-state index in [9.17, 15) is 9.90 Å². The molecule has 1 aliphatic carbocycles. The van der Waals surface area contributed by atoms with E-state index in [1.54, 1.807) is 36.2 Å². The Morgan fingerprint density at radius 2 is 1.95 bits per heavy atom. The Kier molecular flexibility index (Phi) is 4.07. The van der Waals surface area contributed by atoms with Crippen LogP contribution in [0.4, 0.5) is 5.69 Å². The van der Waals surface area contributed by atoms with Crippen molar-refractivity contribution in [3.63, 3.8) is 0 Å². The summed E-state index contributed by atoms with van der Waals surface area (Å²) in [5.41, 5.74) is 3.18. The molecule has 1 amide bonds. The van der Waals surface area contributed by atoms with Gasteiger partial charge in [-0.2, -0.15) is 0 Å². The summed E-state index contributed by atoms with van der Waals surface area (Å²) >= 11 is 0. The molecular formula is C14H21N3O2. The van der Waals surface area contributed by atoms with Crippen molar-refractivity contribution in [2.75, 3.05) is 19.0 Å². The molecule has 1 aliphatic rings. The summed E-state index contributed by atoms with van der Waals surface area (Å²) in [7, 11) is 1.73. The molecule has 4 N–H and O–H groups in total. The Bertz CT molecular complexity index is 439. The zero-order valence-corrected chi connectivity index (χ0v) is 11.2. The Morgan fingerprint density at radius 1 is 1.37 bits per heavy atom. The molecule has 0 heterocycles. The van der Waals surface area contributed by atoms with Gasteiger partial charge in [0.2, 0.25) is 0 Å². The Balaban J connectivity index is 2.01. The first-order valence-corrected chi connectivity index (χ1v) is 6.59. The van der Waals surface area contributed by atoms with Gasteiger partial charge >= 0.3 is 0 Å². The summed E-state index contributed by atoms with van der Waals surface area (Å²) in [4.78, 5) is 13.8. The van der Waals surface area contributed by atoms with Gasteiger partial charge in [0.15, 0.2) is 0 Å². The first-order valence-electron chi connectivity index (χ1n) is 6.59. The summed E-state index contributed by atoms with van der Waals surface area (Å²) in [6.07, 6.45) is 3.63. The molecule has 104 valence electrons. The van der Waals surface area contributed by atoms with Gasteiger partial charge < -0.3 is 15.4 Å². The number of nitrogens with two attached hydrogens (primary N) is 1. The minimum Gasteiger partial charge on any atom is -0.388 e. The normalized spacial score (nSPS) is 17.2. The van der Waals surface area contributed by atoms with Crippen LogP contribution in [0.15, 0.2) is 24.3 Å². The van der Waals surface area contributed by atoms with E-state index in [0.29, 0.717) is 12.1 Å². The van der Waals surface area contributed by atoms with E-state index in [-0.39, 0.29) is 5.91 Å². The predicted octanol–water partition coefficient (Wildman–Crippen LogP) is 1.35. The second-order valence-corrected chi connectivity index (χ2v) is 5.31. The van der Waals surface area contributed by atoms with Crippen molar-refractivity contribution < 1.29 is 9.90 Å². The van der Waals surface area contributed by atoms with Crippen molar-refractivity contribution in [3.8, 4) is 0 Å². The lowest BCUT2D eigenvalue weighted by molar-refractivity contribution is 0.0157. The van der Waals surface area contributed by atoms with Gasteiger partial charge in [0.25, 0.3) is 5.91 Å². The summed E-state index contributed by atoms with van der Waals surface area (Å²) in [5.74, 6) is 5.20. The summed E-state index contributed by atoms with van der Waals surface area (Å²) < 4.78 is 0. The van der Waals surface area contributed by atoms with Crippen LogP contribution < -0.4 is 11.3 Å². The Morgan fingerprint density at radius 3 is 2.47 bits per heavy atom. The SMILES string of the molecule is CN(CC1(O)CCCC1)C(=O)c1ccc(NN)cc1. The van der Waals surface area contributed by atoms with Crippen molar-refractivity contribution >= 4 is 11.6 Å². The van der Waals surface area contributed by atoms with Crippen LogP contribution in [-0.2, 0) is 0 Å². The standard InChI is InChI=1S/C14H21N3O2/c1-17(10-14(19)8-2-3-9-14)13(18)11-4-6-12(16-15)7-5-11/h4-7,16,19H,2-3,8-10,15H2,1H3. The van der Waals surface area contributed by atoms with E-state index < -0.39 is 5.60 Å². The highest BCUT2D eigenvalue weighted by atomic mass is 16.3. The Hall–Kier alpha value is -1.59. The van der Waals surface area contributed by atoms with Crippen LogP contribution in [0.2, 0.25) is 0 Å². The smallest absolute Gasteiger partial charge is 0.253 e. The number of carbonyl (C=O) groups excluding carboxylic acids is 1. The monoisotopic (exact) mass is 263 g/mol. The first-order chi connectivity index (χ1) is 9.04. The number of anilines is 1. The summed E-state index contributed by atoms with van der Waals surface area (Å²) in [6, 6.07) is 6.97. The van der Waals surface area contributed by atoms with E-state index in [1.807, 2.05) is 0 Å². The number of likely N-dealkylation sites (N-methyl/N-ethyl adjacent to an activating group) is 1. The molecule has 19 heavy (non-hydrogen) atoms. The number of carbonyl (C=O) groups is 1. The third-order valence-electron chi connectivity index (χ3n) is 3.71. The number of amides is 1. The molecule has 0 aromatic heterocycles. The van der Waals surface area contributed by atoms with Crippen molar-refractivity contribution in [1.82, 2.24) is 4.90 Å². The lowest BCUT2D eigenvalue weighted by atomic mass is 10.0. The van der Waals surface area contributed by atoms with Gasteiger partial charge in [0.1, 0.15) is 0 Å². The number of hydrazine groups is 1. The fourth-order valence-corrected chi connectivity index (χ4v) is 2.63. The topological polar surface area (TPSA) is 78.6 Å². The van der Waals surface area contributed by atoms with Gasteiger partial charge in [-0.3, -0.25) is 10.6 Å². The Labute approximate surface area is 113 Å². The van der Waals surface area contributed by atoms with Crippen LogP contribution in [0.5, 0.6) is 0 Å². The highest BCUT2D eigenvalue weighted by molar-refractivity contribution is 5.94. The zero-order chi connectivity index (χ0) is 13.9. The molecule has 1 aromatic rings. The average Bonchev–Trinajstić information content (AvgIpc) is 2.84. The highest BCUT2D eigenvalue weighted by Crippen LogP contribution is 2.30. The molecule has 0 spiro atoms. The fourth-order valence-electron chi connectivity index (χ4n) is 2.63. The van der Waals surface area contributed by atoms with Crippen LogP contribution in [0, 0.1) is 0 Å². The largest absolute Gasteiger partial charge is 0.388 e. The molecule has 0 unspecified atom stereocenters. The van der Waals surface area contributed by atoms with Gasteiger partial charge in [-0.15, -0.1) is 0 Å². The second kappa shape index (κ2) is 5.59. The van der Waals surface area contributed by atoms with E-state index in [1.165, 1.54) is 0 Å². The molecule has 1 fully saturated rings. The molecular weight excluding hydrogens is 242 g/mol. The van der Waals surface area contributed by atoms with Crippen LogP contribution in [0.3, 0.4) is 0 Å². The number of aliphatic hydroxyl groups is 1. The maximum atomic E-state index is 12.2. The lowest BCUT2D eigenvalue weighted by Gasteiger charge is -2.28. The third-order valence-corrected chi connectivity index (χ3v) is 3.71. The molecule has 1 aromatic carbocycles. The summed E-state index contributed by atoms with van der Waals surface area (Å²) in [5, 5.41) is 10.3. The lowest BCUT2D eigenvalue weighted by Crippen LogP contribution is -2.42. The average molecular weight is 263 g/mol. The predicted molar refractivity (Wildman–Crippen MR) is 74.6 cm³/mol. The van der Waals surface area contributed by atoms with E-state index in [0.717, 1.165) is 31.4 Å². The van der Waals surface area contributed by atoms with Gasteiger partial charge in [-0.05, 0) is 37.1 Å². The molecule has 0 aliphatic heterocycles. The van der Waals surface area contributed by atoms with Crippen LogP contribution in [0.25, 0.3) is 0 Å². The number of rotatable bonds is 4. The molecule has 0 bridgehead atoms. The third kappa shape index (κ3) is 3.24. The van der Waals surface area contributed by atoms with Crippen LogP contribution in [0.1, 0.15) is 36.0 Å². The van der Waals surface area contributed by atoms with Gasteiger partial charge in [-0.25, -0.2) is 0 Å². The molecule has 2 rings (SSSR count). The van der Waals surface area contributed by atoms with E-state index >= 15 is 0 Å². The van der Waals surface area contributed by atoms with Crippen molar-refractivity contribution in [1.29, 1.82) is 0 Å². The summed E-state index contributed by atoms with van der Waals surface area (Å²) in [6.45, 7) is 0.392. The van der Waals surface area contributed by atoms with Gasteiger partial charge in [0.05, 0.1) is 5.60 Å². The fraction of sp³-hybridized carbons (Fsp3) is 0.500. The molecule has 5 heteroatoms. The van der Waals surface area contributed by atoms with Crippen molar-refractivity contribution in [2.45, 2.75) is 31.3 Å². The van der Waals surface area contributed by atoms with E-state index in [2.05, 4.69) is 5.43 Å². The number of hydrogen-bond acceptors (Lipinski definition) is 4. The van der Waals surface area contributed by atoms with Crippen molar-refractivity contribution in [2.24, 2.45) is 5.84 Å². The maximum Gasteiger partial charge on any atom is 0.253 e. The quantitative estimate of drug-likeness (QED) is 0.566. The van der Waals surface area contributed by atoms with E-state index in [4.69, 9.17) is 5.84 Å². The molecule has 0 radical (unpaired) electrons. The number of nitrogens with one attached hydrogen (secondary N) is 1. The molecule has 1 saturated carbocycles. The van der Waals surface area contributed by atoms with Gasteiger partial charge in [-0.1, -0.05) is 12.8 Å². The van der Waals surface area contributed by atoms with Crippen LogP contribution in [-0.4, -0.2) is 35.1 Å². The number of nitrogen functional groups attached to an aromatic ring is 1. The van der Waals surface area contributed by atoms with Crippen molar-refractivity contribution in [3.05, 3.63) is 29.8 Å². The molecule has 0 atom stereocenters.